The average Bonchev–Trinajstić information content (AvgIpc) is 2.83. The van der Waals surface area contributed by atoms with E-state index in [1.165, 1.54) is 0 Å². The Morgan fingerprint density at radius 3 is 2.23 bits per heavy atom. The summed E-state index contributed by atoms with van der Waals surface area (Å²) in [6, 6.07) is 7.73. The Balaban J connectivity index is 2.92. The predicted octanol–water partition coefficient (Wildman–Crippen LogP) is 6.08. The van der Waals surface area contributed by atoms with Crippen LogP contribution in [0.1, 0.15) is 80.8 Å². The quantitative estimate of drug-likeness (QED) is 0.133. The second-order valence-electron chi connectivity index (χ2n) is 11.9. The van der Waals surface area contributed by atoms with Crippen molar-refractivity contribution in [1.29, 1.82) is 0 Å². The molecule has 1 rings (SSSR count). The van der Waals surface area contributed by atoms with Crippen LogP contribution in [0.25, 0.3) is 0 Å². The Morgan fingerprint density at radius 2 is 1.67 bits per heavy atom. The van der Waals surface area contributed by atoms with Crippen LogP contribution >= 0.6 is 0 Å². The summed E-state index contributed by atoms with van der Waals surface area (Å²) in [6.07, 6.45) is 4.70. The van der Waals surface area contributed by atoms with Crippen molar-refractivity contribution in [3.8, 4) is 5.75 Å². The molecule has 2 amide bonds. The molecule has 0 spiro atoms. The maximum absolute atomic E-state index is 12.3. The molecule has 0 heterocycles. The van der Waals surface area contributed by atoms with Gasteiger partial charge in [0, 0.05) is 18.3 Å². The fourth-order valence-corrected chi connectivity index (χ4v) is 3.64. The number of nitrogens with one attached hydrogen (secondary N) is 2. The van der Waals surface area contributed by atoms with Crippen LogP contribution in [0, 0.1) is 11.8 Å². The molecule has 0 aliphatic rings. The molecular weight excluding hydrogens is 496 g/mol. The molecule has 0 aromatic heterocycles. The number of carbonyl (C=O) groups excluding carboxylic acids is 2. The van der Waals surface area contributed by atoms with Crippen LogP contribution in [0.2, 0.25) is 0 Å². The number of hydrazine groups is 1. The number of ether oxygens (including phenoxy) is 3. The fraction of sp³-hybridized carbons (Fsp3) is 0.600. The van der Waals surface area contributed by atoms with Gasteiger partial charge in [0.2, 0.25) is 0 Å². The van der Waals surface area contributed by atoms with Crippen molar-refractivity contribution in [1.82, 2.24) is 15.6 Å². The number of alkyl carbamates (subject to hydrolysis) is 1. The Labute approximate surface area is 235 Å². The number of carbonyl (C=O) groups is 2. The third kappa shape index (κ3) is 13.0. The largest absolute Gasteiger partial charge is 0.497 e. The normalized spacial score (nSPS) is 15.7. The number of hydrogen-bond donors (Lipinski definition) is 3. The zero-order valence-corrected chi connectivity index (χ0v) is 25.6. The van der Waals surface area contributed by atoms with Crippen LogP contribution in [-0.2, 0) is 9.47 Å². The van der Waals surface area contributed by atoms with Gasteiger partial charge in [0.1, 0.15) is 17.0 Å². The first-order valence-corrected chi connectivity index (χ1v) is 13.4. The monoisotopic (exact) mass is 546 g/mol. The minimum atomic E-state index is -0.622. The molecule has 1 aromatic carbocycles. The predicted molar refractivity (Wildman–Crippen MR) is 156 cm³/mol. The molecule has 4 atom stereocenters. The number of methoxy groups -OCH3 is 1. The van der Waals surface area contributed by atoms with E-state index < -0.39 is 23.4 Å². The summed E-state index contributed by atoms with van der Waals surface area (Å²) in [4.78, 5) is 24.5. The first kappa shape index (κ1) is 34.0. The zero-order valence-electron chi connectivity index (χ0n) is 25.6. The number of benzene rings is 1. The maximum Gasteiger partial charge on any atom is 0.429 e. The molecule has 39 heavy (non-hydrogen) atoms. The van der Waals surface area contributed by atoms with Gasteiger partial charge in [-0.05, 0) is 91.0 Å². The SMILES string of the molecule is COc1cccc(C(CNC(=O)OC(C)(C)C)N[C@H](C)[C@@H](C)C(C)/C=C\C=C(/C)N(N)C(=O)OC(C)(C)C)c1. The Kier molecular flexibility index (Phi) is 13.0. The molecule has 9 nitrogen and oxygen atoms in total. The molecular formula is C30H50N4O5. The molecule has 9 heteroatoms. The van der Waals surface area contributed by atoms with Crippen LogP contribution in [0.4, 0.5) is 9.59 Å². The number of allylic oxidation sites excluding steroid dienone is 4. The first-order valence-electron chi connectivity index (χ1n) is 13.4. The van der Waals surface area contributed by atoms with Crippen molar-refractivity contribution in [3.05, 3.63) is 53.8 Å². The zero-order chi connectivity index (χ0) is 30.0. The lowest BCUT2D eigenvalue weighted by atomic mass is 9.88. The lowest BCUT2D eigenvalue weighted by molar-refractivity contribution is 0.0312. The standard InChI is InChI=1S/C30H50N4O5/c1-20(14-12-15-21(2)34(31)28(36)39-30(8,9)10)22(3)23(4)33-26(19-32-27(35)38-29(5,6)7)24-16-13-17-25(18-24)37-11/h12-18,20,22-23,26,33H,19,31H2,1-11H3,(H,32,35)/b14-12-,21-15+/t20?,22-,23+,26?/m0/s1. The molecule has 0 fully saturated rings. The van der Waals surface area contributed by atoms with Gasteiger partial charge in [0.25, 0.3) is 0 Å². The highest BCUT2D eigenvalue weighted by Gasteiger charge is 2.24. The molecule has 0 saturated heterocycles. The summed E-state index contributed by atoms with van der Waals surface area (Å²) in [7, 11) is 1.63. The molecule has 1 aromatic rings. The highest BCUT2D eigenvalue weighted by Crippen LogP contribution is 2.23. The Morgan fingerprint density at radius 1 is 1.05 bits per heavy atom. The van der Waals surface area contributed by atoms with E-state index in [1.54, 1.807) is 40.9 Å². The van der Waals surface area contributed by atoms with E-state index >= 15 is 0 Å². The molecule has 0 aliphatic heterocycles. The topological polar surface area (TPSA) is 115 Å². The highest BCUT2D eigenvalue weighted by molar-refractivity contribution is 5.69. The van der Waals surface area contributed by atoms with E-state index in [2.05, 4.69) is 37.5 Å². The smallest absolute Gasteiger partial charge is 0.429 e. The molecule has 0 bridgehead atoms. The van der Waals surface area contributed by atoms with Gasteiger partial charge in [-0.3, -0.25) is 0 Å². The van der Waals surface area contributed by atoms with Crippen LogP contribution in [0.5, 0.6) is 5.75 Å². The summed E-state index contributed by atoms with van der Waals surface area (Å²) in [6.45, 7) is 19.4. The number of amides is 2. The van der Waals surface area contributed by atoms with Crippen LogP contribution in [-0.4, -0.2) is 48.1 Å². The van der Waals surface area contributed by atoms with Crippen LogP contribution < -0.4 is 21.2 Å². The highest BCUT2D eigenvalue weighted by atomic mass is 16.6. The summed E-state index contributed by atoms with van der Waals surface area (Å²) in [5.74, 6) is 7.10. The lowest BCUT2D eigenvalue weighted by Gasteiger charge is -2.30. The van der Waals surface area contributed by atoms with Gasteiger partial charge in [-0.2, -0.15) is 0 Å². The van der Waals surface area contributed by atoms with E-state index in [4.69, 9.17) is 20.1 Å². The van der Waals surface area contributed by atoms with E-state index in [0.717, 1.165) is 16.3 Å². The van der Waals surface area contributed by atoms with Gasteiger partial charge in [0.15, 0.2) is 0 Å². The summed E-state index contributed by atoms with van der Waals surface area (Å²) in [5, 5.41) is 7.57. The Bertz CT molecular complexity index is 994. The van der Waals surface area contributed by atoms with E-state index in [1.807, 2.05) is 51.1 Å². The average molecular weight is 547 g/mol. The van der Waals surface area contributed by atoms with Gasteiger partial charge in [-0.1, -0.05) is 38.1 Å². The Hall–Kier alpha value is -3.04. The minimum Gasteiger partial charge on any atom is -0.497 e. The van der Waals surface area contributed by atoms with Crippen molar-refractivity contribution in [2.45, 2.75) is 92.5 Å². The molecule has 4 N–H and O–H groups in total. The number of nitrogens with two attached hydrogens (primary N) is 1. The van der Waals surface area contributed by atoms with Crippen LogP contribution in [0.3, 0.4) is 0 Å². The fourth-order valence-electron chi connectivity index (χ4n) is 3.64. The van der Waals surface area contributed by atoms with Crippen molar-refractivity contribution < 1.29 is 23.8 Å². The van der Waals surface area contributed by atoms with Gasteiger partial charge < -0.3 is 24.8 Å². The number of nitrogens with zero attached hydrogens (tertiary/aromatic N) is 1. The summed E-state index contributed by atoms with van der Waals surface area (Å²) < 4.78 is 16.1. The molecule has 2 unspecified atom stereocenters. The second-order valence-corrected chi connectivity index (χ2v) is 11.9. The summed E-state index contributed by atoms with van der Waals surface area (Å²) in [5.41, 5.74) is 0.366. The lowest BCUT2D eigenvalue weighted by Crippen LogP contribution is -2.43. The number of hydrogen-bond acceptors (Lipinski definition) is 7. The third-order valence-electron chi connectivity index (χ3n) is 6.15. The molecule has 220 valence electrons. The minimum absolute atomic E-state index is 0.0964. The van der Waals surface area contributed by atoms with E-state index in [0.29, 0.717) is 12.2 Å². The number of rotatable bonds is 11. The maximum atomic E-state index is 12.3. The van der Waals surface area contributed by atoms with Gasteiger partial charge >= 0.3 is 12.2 Å². The summed E-state index contributed by atoms with van der Waals surface area (Å²) >= 11 is 0. The first-order chi connectivity index (χ1) is 17.9. The molecule has 0 radical (unpaired) electrons. The second kappa shape index (κ2) is 14.9. The van der Waals surface area contributed by atoms with Gasteiger partial charge in [0.05, 0.1) is 13.2 Å². The van der Waals surface area contributed by atoms with E-state index in [9.17, 15) is 9.59 Å². The van der Waals surface area contributed by atoms with Crippen LogP contribution in [0.15, 0.2) is 48.2 Å². The molecule has 0 aliphatic carbocycles. The molecule has 0 saturated carbocycles. The van der Waals surface area contributed by atoms with Gasteiger partial charge in [-0.15, -0.1) is 0 Å². The van der Waals surface area contributed by atoms with Crippen molar-refractivity contribution in [2.24, 2.45) is 17.7 Å². The van der Waals surface area contributed by atoms with E-state index in [-0.39, 0.29) is 23.9 Å². The van der Waals surface area contributed by atoms with Crippen molar-refractivity contribution in [3.63, 3.8) is 0 Å². The third-order valence-corrected chi connectivity index (χ3v) is 6.15. The van der Waals surface area contributed by atoms with Gasteiger partial charge in [-0.25, -0.2) is 20.4 Å². The van der Waals surface area contributed by atoms with Crippen molar-refractivity contribution >= 4 is 12.2 Å². The van der Waals surface area contributed by atoms with Crippen molar-refractivity contribution in [2.75, 3.05) is 13.7 Å².